The molecule has 2 nitrogen and oxygen atoms in total. The van der Waals surface area contributed by atoms with Crippen LogP contribution in [0.15, 0.2) is 0 Å². The van der Waals surface area contributed by atoms with Crippen LogP contribution in [0, 0.1) is 5.92 Å². The number of unbranched alkanes of at least 4 members (excludes halogenated alkanes) is 1. The first-order valence-corrected chi connectivity index (χ1v) is 8.77. The standard InChI is InChI=1S/C17H36N2/c1-4-7-14-19(6-3)15-17(18-13-5-2)16-11-9-8-10-12-16/h16-18H,4-15H2,1-3H3. The minimum atomic E-state index is 0.733. The van der Waals surface area contributed by atoms with Gasteiger partial charge >= 0.3 is 0 Å². The third kappa shape index (κ3) is 6.76. The van der Waals surface area contributed by atoms with E-state index in [2.05, 4.69) is 31.0 Å². The van der Waals surface area contributed by atoms with Crippen molar-refractivity contribution in [2.75, 3.05) is 26.2 Å². The van der Waals surface area contributed by atoms with Gasteiger partial charge in [-0.05, 0) is 51.2 Å². The zero-order valence-electron chi connectivity index (χ0n) is 13.6. The molecule has 1 saturated carbocycles. The third-order valence-corrected chi connectivity index (χ3v) is 4.61. The Morgan fingerprint density at radius 1 is 1.05 bits per heavy atom. The topological polar surface area (TPSA) is 15.3 Å². The normalized spacial score (nSPS) is 18.9. The summed E-state index contributed by atoms with van der Waals surface area (Å²) in [7, 11) is 0. The lowest BCUT2D eigenvalue weighted by Gasteiger charge is -2.35. The zero-order chi connectivity index (χ0) is 13.9. The van der Waals surface area contributed by atoms with Gasteiger partial charge < -0.3 is 10.2 Å². The van der Waals surface area contributed by atoms with Crippen LogP contribution in [0.25, 0.3) is 0 Å². The molecule has 0 radical (unpaired) electrons. The van der Waals surface area contributed by atoms with Gasteiger partial charge in [-0.1, -0.05) is 46.5 Å². The molecule has 0 saturated heterocycles. The fourth-order valence-corrected chi connectivity index (χ4v) is 3.28. The van der Waals surface area contributed by atoms with Gasteiger partial charge in [-0.25, -0.2) is 0 Å². The summed E-state index contributed by atoms with van der Waals surface area (Å²) in [6, 6.07) is 0.733. The van der Waals surface area contributed by atoms with E-state index in [0.717, 1.165) is 12.0 Å². The van der Waals surface area contributed by atoms with Gasteiger partial charge in [0.25, 0.3) is 0 Å². The molecule has 2 heteroatoms. The number of rotatable bonds is 10. The van der Waals surface area contributed by atoms with Gasteiger partial charge in [0.15, 0.2) is 0 Å². The van der Waals surface area contributed by atoms with Crippen molar-refractivity contribution in [2.24, 2.45) is 5.92 Å². The average Bonchev–Trinajstić information content (AvgIpc) is 2.47. The van der Waals surface area contributed by atoms with Crippen molar-refractivity contribution < 1.29 is 0 Å². The lowest BCUT2D eigenvalue weighted by Crippen LogP contribution is -2.46. The first kappa shape index (κ1) is 17.0. The first-order valence-electron chi connectivity index (χ1n) is 8.77. The SMILES string of the molecule is CCCCN(CC)CC(NCCC)C1CCCCC1. The second-order valence-corrected chi connectivity index (χ2v) is 6.21. The molecule has 1 rings (SSSR count). The Labute approximate surface area is 121 Å². The maximum atomic E-state index is 3.84. The van der Waals surface area contributed by atoms with Crippen LogP contribution in [-0.4, -0.2) is 37.1 Å². The van der Waals surface area contributed by atoms with Crippen molar-refractivity contribution in [1.82, 2.24) is 10.2 Å². The highest BCUT2D eigenvalue weighted by Gasteiger charge is 2.24. The number of likely N-dealkylation sites (N-methyl/N-ethyl adjacent to an activating group) is 1. The van der Waals surface area contributed by atoms with Crippen LogP contribution in [0.1, 0.15) is 72.1 Å². The summed E-state index contributed by atoms with van der Waals surface area (Å²) < 4.78 is 0. The molecule has 0 aromatic heterocycles. The number of nitrogens with zero attached hydrogens (tertiary/aromatic N) is 1. The van der Waals surface area contributed by atoms with Crippen LogP contribution < -0.4 is 5.32 Å². The van der Waals surface area contributed by atoms with Gasteiger partial charge in [0.05, 0.1) is 0 Å². The van der Waals surface area contributed by atoms with Crippen molar-refractivity contribution in [2.45, 2.75) is 78.2 Å². The van der Waals surface area contributed by atoms with Gasteiger partial charge in [0.2, 0.25) is 0 Å². The summed E-state index contributed by atoms with van der Waals surface area (Å²) in [5.74, 6) is 0.927. The molecule has 114 valence electrons. The van der Waals surface area contributed by atoms with E-state index in [1.54, 1.807) is 0 Å². The molecule has 0 heterocycles. The molecule has 0 aromatic carbocycles. The number of hydrogen-bond acceptors (Lipinski definition) is 2. The summed E-state index contributed by atoms with van der Waals surface area (Å²) in [5.41, 5.74) is 0. The molecule has 0 aromatic rings. The van der Waals surface area contributed by atoms with Gasteiger partial charge in [-0.15, -0.1) is 0 Å². The second kappa shape index (κ2) is 10.7. The average molecular weight is 268 g/mol. The van der Waals surface area contributed by atoms with E-state index >= 15 is 0 Å². The van der Waals surface area contributed by atoms with Crippen molar-refractivity contribution >= 4 is 0 Å². The molecule has 1 unspecified atom stereocenters. The van der Waals surface area contributed by atoms with Crippen molar-refractivity contribution in [3.63, 3.8) is 0 Å². The highest BCUT2D eigenvalue weighted by atomic mass is 15.1. The number of nitrogens with one attached hydrogen (secondary N) is 1. The molecule has 1 aliphatic carbocycles. The van der Waals surface area contributed by atoms with Crippen molar-refractivity contribution in [1.29, 1.82) is 0 Å². The maximum Gasteiger partial charge on any atom is 0.0223 e. The largest absolute Gasteiger partial charge is 0.312 e. The molecule has 1 aliphatic rings. The zero-order valence-corrected chi connectivity index (χ0v) is 13.6. The highest BCUT2D eigenvalue weighted by Crippen LogP contribution is 2.27. The minimum Gasteiger partial charge on any atom is -0.312 e. The van der Waals surface area contributed by atoms with E-state index < -0.39 is 0 Å². The summed E-state index contributed by atoms with van der Waals surface area (Å²) in [6.45, 7) is 11.8. The quantitative estimate of drug-likeness (QED) is 0.643. The van der Waals surface area contributed by atoms with Gasteiger partial charge in [-0.3, -0.25) is 0 Å². The van der Waals surface area contributed by atoms with Gasteiger partial charge in [-0.2, -0.15) is 0 Å². The van der Waals surface area contributed by atoms with Crippen LogP contribution in [-0.2, 0) is 0 Å². The molecule has 1 N–H and O–H groups in total. The second-order valence-electron chi connectivity index (χ2n) is 6.21. The molecule has 0 amide bonds. The Hall–Kier alpha value is -0.0800. The van der Waals surface area contributed by atoms with E-state index in [0.29, 0.717) is 0 Å². The lowest BCUT2D eigenvalue weighted by molar-refractivity contribution is 0.187. The Morgan fingerprint density at radius 3 is 2.37 bits per heavy atom. The molecule has 19 heavy (non-hydrogen) atoms. The smallest absolute Gasteiger partial charge is 0.0223 e. The number of hydrogen-bond donors (Lipinski definition) is 1. The van der Waals surface area contributed by atoms with Crippen molar-refractivity contribution in [3.05, 3.63) is 0 Å². The molecule has 0 bridgehead atoms. The van der Waals surface area contributed by atoms with E-state index in [1.165, 1.54) is 77.5 Å². The fraction of sp³-hybridized carbons (Fsp3) is 1.00. The molecule has 1 fully saturated rings. The molecular weight excluding hydrogens is 232 g/mol. The summed E-state index contributed by atoms with van der Waals surface area (Å²) in [6.07, 6.45) is 11.2. The molecular formula is C17H36N2. The van der Waals surface area contributed by atoms with Crippen LogP contribution in [0.5, 0.6) is 0 Å². The lowest BCUT2D eigenvalue weighted by atomic mass is 9.83. The predicted octanol–water partition coefficient (Wildman–Crippen LogP) is 4.06. The summed E-state index contributed by atoms with van der Waals surface area (Å²) in [5, 5.41) is 3.84. The molecule has 0 spiro atoms. The highest BCUT2D eigenvalue weighted by molar-refractivity contribution is 4.82. The van der Waals surface area contributed by atoms with Crippen LogP contribution in [0.2, 0.25) is 0 Å². The predicted molar refractivity (Wildman–Crippen MR) is 85.7 cm³/mol. The van der Waals surface area contributed by atoms with Gasteiger partial charge in [0.1, 0.15) is 0 Å². The Balaban J connectivity index is 2.45. The van der Waals surface area contributed by atoms with Crippen molar-refractivity contribution in [3.8, 4) is 0 Å². The summed E-state index contributed by atoms with van der Waals surface area (Å²) in [4.78, 5) is 2.66. The van der Waals surface area contributed by atoms with Crippen LogP contribution in [0.3, 0.4) is 0 Å². The van der Waals surface area contributed by atoms with E-state index in [9.17, 15) is 0 Å². The Morgan fingerprint density at radius 2 is 1.79 bits per heavy atom. The van der Waals surface area contributed by atoms with E-state index in [1.807, 2.05) is 0 Å². The third-order valence-electron chi connectivity index (χ3n) is 4.61. The monoisotopic (exact) mass is 268 g/mol. The Bertz CT molecular complexity index is 199. The van der Waals surface area contributed by atoms with Gasteiger partial charge in [0, 0.05) is 12.6 Å². The minimum absolute atomic E-state index is 0.733. The fourth-order valence-electron chi connectivity index (χ4n) is 3.28. The first-order chi connectivity index (χ1) is 9.31. The Kier molecular flexibility index (Phi) is 9.54. The summed E-state index contributed by atoms with van der Waals surface area (Å²) >= 11 is 0. The maximum absolute atomic E-state index is 3.84. The van der Waals surface area contributed by atoms with Crippen LogP contribution >= 0.6 is 0 Å². The van der Waals surface area contributed by atoms with Crippen LogP contribution in [0.4, 0.5) is 0 Å². The molecule has 0 aliphatic heterocycles. The van der Waals surface area contributed by atoms with E-state index in [-0.39, 0.29) is 0 Å². The van der Waals surface area contributed by atoms with E-state index in [4.69, 9.17) is 0 Å². The molecule has 1 atom stereocenters.